The highest BCUT2D eigenvalue weighted by atomic mass is 35.5. The highest BCUT2D eigenvalue weighted by Crippen LogP contribution is 2.30. The molecule has 0 saturated carbocycles. The van der Waals surface area contributed by atoms with Gasteiger partial charge in [0.25, 0.3) is 5.91 Å². The fourth-order valence-corrected chi connectivity index (χ4v) is 2.83. The van der Waals surface area contributed by atoms with Crippen LogP contribution < -0.4 is 5.32 Å². The maximum Gasteiger partial charge on any atom is 0.262 e. The fourth-order valence-electron chi connectivity index (χ4n) is 2.34. The maximum atomic E-state index is 12.7. The average molecular weight is 349 g/mol. The summed E-state index contributed by atoms with van der Waals surface area (Å²) in [6, 6.07) is 8.70. The molecular formula is C16H14Cl2N4O. The molecule has 0 radical (unpaired) electrons. The molecule has 7 heteroatoms. The van der Waals surface area contributed by atoms with E-state index in [4.69, 9.17) is 23.2 Å². The smallest absolute Gasteiger partial charge is 0.262 e. The number of aliphatic imine (C=N–C) groups is 1. The van der Waals surface area contributed by atoms with Crippen LogP contribution in [0.4, 0.5) is 5.69 Å². The largest absolute Gasteiger partial charge is 0.323 e. The van der Waals surface area contributed by atoms with Crippen LogP contribution in [0.1, 0.15) is 16.1 Å². The van der Waals surface area contributed by atoms with Crippen molar-refractivity contribution in [3.05, 3.63) is 57.8 Å². The van der Waals surface area contributed by atoms with E-state index < -0.39 is 0 Å². The van der Waals surface area contributed by atoms with E-state index in [2.05, 4.69) is 15.3 Å². The highest BCUT2D eigenvalue weighted by Gasteiger charge is 2.27. The topological polar surface area (TPSA) is 57.6 Å². The van der Waals surface area contributed by atoms with E-state index in [-0.39, 0.29) is 5.91 Å². The van der Waals surface area contributed by atoms with Crippen LogP contribution in [0.25, 0.3) is 0 Å². The molecule has 0 bridgehead atoms. The van der Waals surface area contributed by atoms with E-state index in [9.17, 15) is 4.79 Å². The van der Waals surface area contributed by atoms with Crippen LogP contribution in [0.2, 0.25) is 10.0 Å². The number of amides is 1. The predicted octanol–water partition coefficient (Wildman–Crippen LogP) is 3.62. The summed E-state index contributed by atoms with van der Waals surface area (Å²) in [4.78, 5) is 22.8. The average Bonchev–Trinajstić information content (AvgIpc) is 2.99. The van der Waals surface area contributed by atoms with Crippen molar-refractivity contribution in [2.24, 2.45) is 4.99 Å². The van der Waals surface area contributed by atoms with E-state index >= 15 is 0 Å². The maximum absolute atomic E-state index is 12.7. The van der Waals surface area contributed by atoms with Gasteiger partial charge in [0, 0.05) is 18.4 Å². The van der Waals surface area contributed by atoms with Gasteiger partial charge >= 0.3 is 0 Å². The molecule has 0 spiro atoms. The number of nitrogens with one attached hydrogen (secondary N) is 1. The molecule has 0 aliphatic carbocycles. The fraction of sp³-hybridized carbons (Fsp3) is 0.188. The van der Waals surface area contributed by atoms with Crippen LogP contribution in [-0.2, 0) is 0 Å². The van der Waals surface area contributed by atoms with Crippen LogP contribution >= 0.6 is 23.2 Å². The van der Waals surface area contributed by atoms with Crippen molar-refractivity contribution in [3.63, 3.8) is 0 Å². The number of hydrogen-bond acceptors (Lipinski definition) is 4. The number of nitrogens with zero attached hydrogens (tertiary/aromatic N) is 3. The number of para-hydroxylation sites is 1. The molecule has 2 heterocycles. The SMILES string of the molecule is Cc1ncccc1C(=O)N1CCN=C1Nc1c(Cl)cccc1Cl. The molecule has 5 nitrogen and oxygen atoms in total. The van der Waals surface area contributed by atoms with Gasteiger partial charge in [-0.25, -0.2) is 0 Å². The van der Waals surface area contributed by atoms with Crippen LogP contribution in [0.3, 0.4) is 0 Å². The Morgan fingerprint density at radius 2 is 1.96 bits per heavy atom. The number of aromatic nitrogens is 1. The Morgan fingerprint density at radius 1 is 1.22 bits per heavy atom. The van der Waals surface area contributed by atoms with E-state index in [0.29, 0.717) is 46.0 Å². The minimum absolute atomic E-state index is 0.150. The van der Waals surface area contributed by atoms with Gasteiger partial charge in [0.05, 0.1) is 27.8 Å². The summed E-state index contributed by atoms with van der Waals surface area (Å²) in [7, 11) is 0. The molecule has 0 fully saturated rings. The van der Waals surface area contributed by atoms with Crippen molar-refractivity contribution in [3.8, 4) is 0 Å². The molecule has 1 N–H and O–H groups in total. The van der Waals surface area contributed by atoms with Crippen molar-refractivity contribution in [2.75, 3.05) is 18.4 Å². The first-order valence-corrected chi connectivity index (χ1v) is 7.82. The lowest BCUT2D eigenvalue weighted by Crippen LogP contribution is -2.38. The molecule has 3 rings (SSSR count). The Kier molecular flexibility index (Phi) is 4.50. The molecule has 1 amide bonds. The molecule has 118 valence electrons. The summed E-state index contributed by atoms with van der Waals surface area (Å²) in [5.74, 6) is 0.288. The van der Waals surface area contributed by atoms with Gasteiger partial charge in [-0.3, -0.25) is 19.7 Å². The third-order valence-corrected chi connectivity index (χ3v) is 4.15. The quantitative estimate of drug-likeness (QED) is 0.901. The van der Waals surface area contributed by atoms with E-state index in [1.54, 1.807) is 48.4 Å². The summed E-state index contributed by atoms with van der Waals surface area (Å²) < 4.78 is 0. The van der Waals surface area contributed by atoms with Gasteiger partial charge in [-0.15, -0.1) is 0 Å². The third kappa shape index (κ3) is 3.16. The number of pyridine rings is 1. The number of guanidine groups is 1. The molecule has 0 saturated heterocycles. The first kappa shape index (κ1) is 15.8. The Labute approximate surface area is 144 Å². The Bertz CT molecular complexity index is 771. The summed E-state index contributed by atoms with van der Waals surface area (Å²) in [6.07, 6.45) is 1.66. The van der Waals surface area contributed by atoms with Gasteiger partial charge in [0.15, 0.2) is 0 Å². The number of halogens is 2. The van der Waals surface area contributed by atoms with Gasteiger partial charge < -0.3 is 5.32 Å². The van der Waals surface area contributed by atoms with Crippen molar-refractivity contribution in [1.82, 2.24) is 9.88 Å². The van der Waals surface area contributed by atoms with E-state index in [1.165, 1.54) is 0 Å². The Morgan fingerprint density at radius 3 is 2.65 bits per heavy atom. The zero-order valence-electron chi connectivity index (χ0n) is 12.4. The Balaban J connectivity index is 1.86. The van der Waals surface area contributed by atoms with Gasteiger partial charge in [-0.1, -0.05) is 29.3 Å². The summed E-state index contributed by atoms with van der Waals surface area (Å²) >= 11 is 12.3. The normalized spacial score (nSPS) is 13.9. The molecular weight excluding hydrogens is 335 g/mol. The van der Waals surface area contributed by atoms with Crippen LogP contribution in [0, 0.1) is 6.92 Å². The van der Waals surface area contributed by atoms with E-state index in [0.717, 1.165) is 0 Å². The molecule has 0 unspecified atom stereocenters. The first-order chi connectivity index (χ1) is 11.1. The number of hydrogen-bond donors (Lipinski definition) is 1. The van der Waals surface area contributed by atoms with Crippen molar-refractivity contribution in [1.29, 1.82) is 0 Å². The zero-order valence-corrected chi connectivity index (χ0v) is 13.9. The first-order valence-electron chi connectivity index (χ1n) is 7.07. The van der Waals surface area contributed by atoms with Gasteiger partial charge in [0.2, 0.25) is 5.96 Å². The van der Waals surface area contributed by atoms with Gasteiger partial charge in [-0.2, -0.15) is 0 Å². The lowest BCUT2D eigenvalue weighted by Gasteiger charge is -2.20. The molecule has 2 aromatic rings. The van der Waals surface area contributed by atoms with Crippen LogP contribution in [-0.4, -0.2) is 34.8 Å². The predicted molar refractivity (Wildman–Crippen MR) is 92.4 cm³/mol. The van der Waals surface area contributed by atoms with Gasteiger partial charge in [0.1, 0.15) is 0 Å². The summed E-state index contributed by atoms with van der Waals surface area (Å²) in [5, 5.41) is 4.01. The van der Waals surface area contributed by atoms with Crippen molar-refractivity contribution >= 4 is 40.8 Å². The number of carbonyl (C=O) groups excluding carboxylic acids is 1. The number of anilines is 1. The molecule has 1 aliphatic rings. The van der Waals surface area contributed by atoms with Crippen LogP contribution in [0.5, 0.6) is 0 Å². The standard InChI is InChI=1S/C16H14Cl2N4O/c1-10-11(4-3-7-19-10)15(23)22-9-8-20-16(22)21-14-12(17)5-2-6-13(14)18/h2-7H,8-9H2,1H3,(H,20,21). The lowest BCUT2D eigenvalue weighted by atomic mass is 10.2. The van der Waals surface area contributed by atoms with Gasteiger partial charge in [-0.05, 0) is 31.2 Å². The molecule has 1 aromatic carbocycles. The molecule has 1 aliphatic heterocycles. The highest BCUT2D eigenvalue weighted by molar-refractivity contribution is 6.40. The summed E-state index contributed by atoms with van der Waals surface area (Å²) in [6.45, 7) is 2.82. The minimum atomic E-state index is -0.150. The lowest BCUT2D eigenvalue weighted by molar-refractivity contribution is 0.0856. The second-order valence-electron chi connectivity index (χ2n) is 5.02. The Hall–Kier alpha value is -2.11. The van der Waals surface area contributed by atoms with Crippen molar-refractivity contribution < 1.29 is 4.79 Å². The van der Waals surface area contributed by atoms with E-state index in [1.807, 2.05) is 0 Å². The monoisotopic (exact) mass is 348 g/mol. The minimum Gasteiger partial charge on any atom is -0.323 e. The number of carbonyl (C=O) groups is 1. The number of rotatable bonds is 2. The number of aryl methyl sites for hydroxylation is 1. The van der Waals surface area contributed by atoms with Crippen molar-refractivity contribution in [2.45, 2.75) is 6.92 Å². The molecule has 0 atom stereocenters. The second-order valence-corrected chi connectivity index (χ2v) is 5.83. The van der Waals surface area contributed by atoms with Crippen LogP contribution in [0.15, 0.2) is 41.5 Å². The third-order valence-electron chi connectivity index (χ3n) is 3.52. The molecule has 1 aromatic heterocycles. The summed E-state index contributed by atoms with van der Waals surface area (Å²) in [5.41, 5.74) is 1.77. The number of benzene rings is 1. The molecule has 23 heavy (non-hydrogen) atoms. The second kappa shape index (κ2) is 6.56. The zero-order chi connectivity index (χ0) is 16.4.